The summed E-state index contributed by atoms with van der Waals surface area (Å²) in [6.45, 7) is 1.47. The maximum atomic E-state index is 13.9. The summed E-state index contributed by atoms with van der Waals surface area (Å²) < 4.78 is 7.35. The first-order valence-corrected chi connectivity index (χ1v) is 12.2. The lowest BCUT2D eigenvalue weighted by Gasteiger charge is -2.37. The molecule has 2 fully saturated rings. The molecule has 1 aromatic heterocycles. The molecule has 2 saturated heterocycles. The number of hydrogen-bond donors (Lipinski definition) is 0. The van der Waals surface area contributed by atoms with Gasteiger partial charge in [0.2, 0.25) is 17.7 Å². The fourth-order valence-corrected chi connectivity index (χ4v) is 5.27. The zero-order valence-corrected chi connectivity index (χ0v) is 21.1. The Morgan fingerprint density at radius 3 is 2.74 bits per heavy atom. The first kappa shape index (κ1) is 24.9. The van der Waals surface area contributed by atoms with Crippen molar-refractivity contribution in [3.05, 3.63) is 48.0 Å². The van der Waals surface area contributed by atoms with Crippen molar-refractivity contribution in [1.82, 2.24) is 24.3 Å². The zero-order chi connectivity index (χ0) is 25.2. The molecule has 0 aliphatic carbocycles. The van der Waals surface area contributed by atoms with E-state index in [1.54, 1.807) is 31.5 Å². The average Bonchev–Trinajstić information content (AvgIpc) is 3.38. The number of carbonyl (C=O) groups excluding carboxylic acids is 3. The van der Waals surface area contributed by atoms with E-state index in [9.17, 15) is 14.4 Å². The van der Waals surface area contributed by atoms with E-state index in [0.717, 1.165) is 25.1 Å². The molecule has 2 aliphatic heterocycles. The Morgan fingerprint density at radius 2 is 2.06 bits per heavy atom. The lowest BCUT2D eigenvalue weighted by Crippen LogP contribution is -2.46. The molecule has 0 spiro atoms. The van der Waals surface area contributed by atoms with Gasteiger partial charge in [-0.05, 0) is 51.1 Å². The van der Waals surface area contributed by atoms with Crippen LogP contribution in [0.4, 0.5) is 0 Å². The largest absolute Gasteiger partial charge is 0.497 e. The normalized spacial score (nSPS) is 22.8. The van der Waals surface area contributed by atoms with Crippen molar-refractivity contribution in [3.63, 3.8) is 0 Å². The minimum absolute atomic E-state index is 0.0287. The third-order valence-corrected chi connectivity index (χ3v) is 7.23. The molecule has 4 rings (SSSR count). The monoisotopic (exact) mass is 481 g/mol. The number of likely N-dealkylation sites (tertiary alicyclic amines) is 2. The number of nitrogens with zero attached hydrogens (tertiary/aromatic N) is 5. The molecular formula is C26H35N5O4. The minimum Gasteiger partial charge on any atom is -0.497 e. The van der Waals surface area contributed by atoms with Crippen LogP contribution in [0, 0.1) is 0 Å². The number of rotatable bonds is 8. The Balaban J connectivity index is 1.69. The third-order valence-electron chi connectivity index (χ3n) is 7.23. The van der Waals surface area contributed by atoms with Crippen molar-refractivity contribution < 1.29 is 19.1 Å². The topological polar surface area (TPSA) is 88.0 Å². The van der Waals surface area contributed by atoms with Gasteiger partial charge in [0, 0.05) is 51.9 Å². The second-order valence-electron chi connectivity index (χ2n) is 9.82. The van der Waals surface area contributed by atoms with Gasteiger partial charge in [0.15, 0.2) is 0 Å². The molecule has 9 heteroatoms. The van der Waals surface area contributed by atoms with E-state index in [-0.39, 0.29) is 36.6 Å². The van der Waals surface area contributed by atoms with Gasteiger partial charge in [-0.1, -0.05) is 12.1 Å². The van der Waals surface area contributed by atoms with E-state index < -0.39 is 5.41 Å². The number of aromatic nitrogens is 2. The van der Waals surface area contributed by atoms with Crippen molar-refractivity contribution in [2.75, 3.05) is 40.8 Å². The highest BCUT2D eigenvalue weighted by molar-refractivity contribution is 6.10. The number of imide groups is 1. The standard InChI is InChI=1S/C26H35N5O4/c1-28(2)14-15-31-23(33)18-26(25(31)34,19-8-7-9-20(16-19)35-4)17-22(32)30-12-6-5-10-21(30)24-27-11-13-29(24)3/h7-9,11,13,16,21H,5-6,10,12,14-15,17-18H2,1-4H3/t21-,26-/m0/s1. The first-order valence-electron chi connectivity index (χ1n) is 12.2. The second kappa shape index (κ2) is 10.2. The van der Waals surface area contributed by atoms with E-state index >= 15 is 0 Å². The maximum Gasteiger partial charge on any atom is 0.240 e. The quantitative estimate of drug-likeness (QED) is 0.537. The Kier molecular flexibility index (Phi) is 7.25. The molecule has 2 aliphatic rings. The molecule has 188 valence electrons. The van der Waals surface area contributed by atoms with Crippen LogP contribution in [0.1, 0.15) is 49.5 Å². The van der Waals surface area contributed by atoms with Gasteiger partial charge in [0.05, 0.1) is 18.6 Å². The van der Waals surface area contributed by atoms with Crippen LogP contribution in [0.5, 0.6) is 5.75 Å². The number of carbonyl (C=O) groups is 3. The summed E-state index contributed by atoms with van der Waals surface area (Å²) in [4.78, 5) is 50.5. The van der Waals surface area contributed by atoms with Crippen LogP contribution in [-0.2, 0) is 26.8 Å². The number of likely N-dealkylation sites (N-methyl/N-ethyl adjacent to an activating group) is 1. The summed E-state index contributed by atoms with van der Waals surface area (Å²) >= 11 is 0. The number of hydrogen-bond acceptors (Lipinski definition) is 6. The van der Waals surface area contributed by atoms with Crippen LogP contribution in [0.2, 0.25) is 0 Å². The number of aryl methyl sites for hydroxylation is 1. The van der Waals surface area contributed by atoms with E-state index in [1.165, 1.54) is 4.90 Å². The molecule has 0 unspecified atom stereocenters. The van der Waals surface area contributed by atoms with Crippen molar-refractivity contribution in [1.29, 1.82) is 0 Å². The molecule has 3 amide bonds. The lowest BCUT2D eigenvalue weighted by atomic mass is 9.75. The van der Waals surface area contributed by atoms with Crippen molar-refractivity contribution in [2.45, 2.75) is 43.6 Å². The average molecular weight is 482 g/mol. The number of methoxy groups -OCH3 is 1. The predicted molar refractivity (Wildman–Crippen MR) is 131 cm³/mol. The maximum absolute atomic E-state index is 13.9. The first-order chi connectivity index (χ1) is 16.8. The minimum atomic E-state index is -1.25. The molecule has 0 saturated carbocycles. The molecule has 3 heterocycles. The van der Waals surface area contributed by atoms with Gasteiger partial charge >= 0.3 is 0 Å². The van der Waals surface area contributed by atoms with E-state index in [1.807, 2.05) is 47.8 Å². The summed E-state index contributed by atoms with van der Waals surface area (Å²) in [6, 6.07) is 7.06. The molecule has 0 radical (unpaired) electrons. The van der Waals surface area contributed by atoms with Gasteiger partial charge in [0.1, 0.15) is 11.6 Å². The van der Waals surface area contributed by atoms with Crippen LogP contribution >= 0.6 is 0 Å². The van der Waals surface area contributed by atoms with Crippen molar-refractivity contribution in [2.24, 2.45) is 7.05 Å². The molecule has 9 nitrogen and oxygen atoms in total. The highest BCUT2D eigenvalue weighted by atomic mass is 16.5. The SMILES string of the molecule is COc1cccc([C@]2(CC(=O)N3CCCC[C@H]3c3nccn3C)CC(=O)N(CCN(C)C)C2=O)c1. The highest BCUT2D eigenvalue weighted by Crippen LogP contribution is 2.42. The lowest BCUT2D eigenvalue weighted by molar-refractivity contribution is -0.144. The van der Waals surface area contributed by atoms with Gasteiger partial charge in [-0.3, -0.25) is 19.3 Å². The number of imidazole rings is 1. The smallest absolute Gasteiger partial charge is 0.240 e. The van der Waals surface area contributed by atoms with E-state index in [2.05, 4.69) is 4.98 Å². The van der Waals surface area contributed by atoms with Gasteiger partial charge in [-0.25, -0.2) is 4.98 Å². The van der Waals surface area contributed by atoms with Gasteiger partial charge < -0.3 is 19.1 Å². The fourth-order valence-electron chi connectivity index (χ4n) is 5.27. The molecule has 35 heavy (non-hydrogen) atoms. The molecule has 2 atom stereocenters. The summed E-state index contributed by atoms with van der Waals surface area (Å²) in [5.74, 6) is 0.750. The highest BCUT2D eigenvalue weighted by Gasteiger charge is 2.54. The van der Waals surface area contributed by atoms with E-state index in [4.69, 9.17) is 4.74 Å². The predicted octanol–water partition coefficient (Wildman–Crippen LogP) is 2.13. The van der Waals surface area contributed by atoms with Crippen molar-refractivity contribution in [3.8, 4) is 5.75 Å². The summed E-state index contributed by atoms with van der Waals surface area (Å²) in [7, 11) is 7.29. The summed E-state index contributed by atoms with van der Waals surface area (Å²) in [5.41, 5.74) is -0.611. The Bertz CT molecular complexity index is 1100. The second-order valence-corrected chi connectivity index (χ2v) is 9.82. The third kappa shape index (κ3) is 4.82. The van der Waals surface area contributed by atoms with Crippen LogP contribution in [0.3, 0.4) is 0 Å². The summed E-state index contributed by atoms with van der Waals surface area (Å²) in [6.07, 6.45) is 6.27. The van der Waals surface area contributed by atoms with Crippen LogP contribution in [-0.4, -0.2) is 82.8 Å². The number of benzene rings is 1. The molecule has 0 bridgehead atoms. The zero-order valence-electron chi connectivity index (χ0n) is 21.1. The van der Waals surface area contributed by atoms with Gasteiger partial charge in [-0.2, -0.15) is 0 Å². The fraction of sp³-hybridized carbons (Fsp3) is 0.538. The van der Waals surface area contributed by atoms with Crippen LogP contribution in [0.25, 0.3) is 0 Å². The Labute approximate surface area is 206 Å². The molecule has 1 aromatic carbocycles. The number of piperidine rings is 1. The van der Waals surface area contributed by atoms with Crippen LogP contribution in [0.15, 0.2) is 36.7 Å². The molecule has 0 N–H and O–H groups in total. The van der Waals surface area contributed by atoms with E-state index in [0.29, 0.717) is 30.9 Å². The van der Waals surface area contributed by atoms with Crippen LogP contribution < -0.4 is 4.74 Å². The van der Waals surface area contributed by atoms with Gasteiger partial charge in [-0.15, -0.1) is 0 Å². The summed E-state index contributed by atoms with van der Waals surface area (Å²) in [5, 5.41) is 0. The number of amides is 3. The van der Waals surface area contributed by atoms with Gasteiger partial charge in [0.25, 0.3) is 0 Å². The van der Waals surface area contributed by atoms with Crippen molar-refractivity contribution >= 4 is 17.7 Å². The Hall–Kier alpha value is -3.20. The molecule has 2 aromatic rings. The number of ether oxygens (including phenoxy) is 1. The molecular weight excluding hydrogens is 446 g/mol. The Morgan fingerprint density at radius 1 is 1.26 bits per heavy atom.